The molecule has 1 N–H and O–H groups in total. The molecule has 2 aromatic heterocycles. The molecule has 0 saturated carbocycles. The minimum Gasteiger partial charge on any atom is -0.454 e. The number of benzene rings is 1. The van der Waals surface area contributed by atoms with E-state index in [4.69, 9.17) is 9.47 Å². The molecule has 0 saturated heterocycles. The van der Waals surface area contributed by atoms with E-state index in [1.54, 1.807) is 11.3 Å². The van der Waals surface area contributed by atoms with Crippen LogP contribution >= 0.6 is 11.3 Å². The van der Waals surface area contributed by atoms with Gasteiger partial charge in [-0.25, -0.2) is 4.98 Å². The SMILES string of the molecule is O=C(Cc1cn2ccsc2n1)NCCc1ccc2c(c1)OCO2. The highest BCUT2D eigenvalue weighted by Gasteiger charge is 2.13. The second kappa shape index (κ2) is 5.92. The van der Waals surface area contributed by atoms with Crippen LogP contribution in [0.1, 0.15) is 11.3 Å². The van der Waals surface area contributed by atoms with E-state index < -0.39 is 0 Å². The molecule has 23 heavy (non-hydrogen) atoms. The van der Waals surface area contributed by atoms with Gasteiger partial charge in [-0.05, 0) is 24.1 Å². The number of aromatic nitrogens is 2. The van der Waals surface area contributed by atoms with Crippen molar-refractivity contribution in [1.29, 1.82) is 0 Å². The van der Waals surface area contributed by atoms with Gasteiger partial charge in [-0.15, -0.1) is 11.3 Å². The molecule has 4 rings (SSSR count). The molecule has 1 amide bonds. The van der Waals surface area contributed by atoms with Gasteiger partial charge in [-0.2, -0.15) is 0 Å². The molecule has 0 fully saturated rings. The van der Waals surface area contributed by atoms with Crippen LogP contribution < -0.4 is 14.8 Å². The Hall–Kier alpha value is -2.54. The number of carbonyl (C=O) groups excluding carboxylic acids is 1. The van der Waals surface area contributed by atoms with Gasteiger partial charge in [0.1, 0.15) is 0 Å². The van der Waals surface area contributed by atoms with Gasteiger partial charge in [0.2, 0.25) is 12.7 Å². The number of rotatable bonds is 5. The average molecular weight is 329 g/mol. The van der Waals surface area contributed by atoms with Gasteiger partial charge in [0.05, 0.1) is 12.1 Å². The molecule has 0 bridgehead atoms. The highest BCUT2D eigenvalue weighted by atomic mass is 32.1. The molecule has 0 aliphatic carbocycles. The first-order valence-corrected chi connectivity index (χ1v) is 8.22. The maximum absolute atomic E-state index is 12.0. The summed E-state index contributed by atoms with van der Waals surface area (Å²) >= 11 is 1.56. The first kappa shape index (κ1) is 14.1. The summed E-state index contributed by atoms with van der Waals surface area (Å²) in [6, 6.07) is 5.85. The van der Waals surface area contributed by atoms with Gasteiger partial charge in [0.15, 0.2) is 16.5 Å². The van der Waals surface area contributed by atoms with Crippen LogP contribution in [0.3, 0.4) is 0 Å². The predicted octanol–water partition coefficient (Wildman–Crippen LogP) is 2.03. The van der Waals surface area contributed by atoms with Gasteiger partial charge in [-0.1, -0.05) is 6.07 Å². The zero-order valence-corrected chi connectivity index (χ0v) is 13.1. The summed E-state index contributed by atoms with van der Waals surface area (Å²) in [4.78, 5) is 17.3. The van der Waals surface area contributed by atoms with E-state index in [1.165, 1.54) is 0 Å². The summed E-state index contributed by atoms with van der Waals surface area (Å²) in [6.07, 6.45) is 4.88. The van der Waals surface area contributed by atoms with Gasteiger partial charge in [0.25, 0.3) is 0 Å². The first-order chi connectivity index (χ1) is 11.3. The molecular formula is C16H15N3O3S. The second-order valence-corrected chi connectivity index (χ2v) is 6.16. The van der Waals surface area contributed by atoms with Crippen molar-refractivity contribution in [1.82, 2.24) is 14.7 Å². The van der Waals surface area contributed by atoms with Gasteiger partial charge in [0, 0.05) is 24.3 Å². The summed E-state index contributed by atoms with van der Waals surface area (Å²) in [5.41, 5.74) is 1.90. The van der Waals surface area contributed by atoms with Gasteiger partial charge >= 0.3 is 0 Å². The number of nitrogens with zero attached hydrogens (tertiary/aromatic N) is 2. The van der Waals surface area contributed by atoms with E-state index in [2.05, 4.69) is 10.3 Å². The van der Waals surface area contributed by atoms with E-state index in [0.717, 1.165) is 34.1 Å². The lowest BCUT2D eigenvalue weighted by Crippen LogP contribution is -2.27. The first-order valence-electron chi connectivity index (χ1n) is 7.34. The van der Waals surface area contributed by atoms with Crippen molar-refractivity contribution in [2.45, 2.75) is 12.8 Å². The van der Waals surface area contributed by atoms with Crippen molar-refractivity contribution in [3.8, 4) is 11.5 Å². The van der Waals surface area contributed by atoms with Crippen molar-refractivity contribution in [2.75, 3.05) is 13.3 Å². The van der Waals surface area contributed by atoms with Crippen LogP contribution in [-0.4, -0.2) is 28.6 Å². The van der Waals surface area contributed by atoms with E-state index in [0.29, 0.717) is 13.0 Å². The quantitative estimate of drug-likeness (QED) is 0.778. The third kappa shape index (κ3) is 3.00. The number of ether oxygens (including phenoxy) is 2. The second-order valence-electron chi connectivity index (χ2n) is 5.29. The summed E-state index contributed by atoms with van der Waals surface area (Å²) in [6.45, 7) is 0.859. The molecule has 0 spiro atoms. The van der Waals surface area contributed by atoms with E-state index in [-0.39, 0.29) is 12.7 Å². The fourth-order valence-corrected chi connectivity index (χ4v) is 3.25. The minimum absolute atomic E-state index is 0.0171. The Kier molecular flexibility index (Phi) is 3.63. The molecule has 6 nitrogen and oxygen atoms in total. The minimum atomic E-state index is -0.0171. The Morgan fingerprint density at radius 3 is 3.17 bits per heavy atom. The Morgan fingerprint density at radius 2 is 2.26 bits per heavy atom. The van der Waals surface area contributed by atoms with Crippen molar-refractivity contribution in [2.24, 2.45) is 0 Å². The molecule has 118 valence electrons. The van der Waals surface area contributed by atoms with E-state index in [1.807, 2.05) is 40.4 Å². The topological polar surface area (TPSA) is 64.9 Å². The predicted molar refractivity (Wildman–Crippen MR) is 86.1 cm³/mol. The molecule has 3 aromatic rings. The van der Waals surface area contributed by atoms with Crippen molar-refractivity contribution < 1.29 is 14.3 Å². The normalized spacial score (nSPS) is 12.7. The molecular weight excluding hydrogens is 314 g/mol. The lowest BCUT2D eigenvalue weighted by molar-refractivity contribution is -0.120. The maximum Gasteiger partial charge on any atom is 0.231 e. The van der Waals surface area contributed by atoms with Crippen LogP contribution in [0.2, 0.25) is 0 Å². The molecule has 3 heterocycles. The Morgan fingerprint density at radius 1 is 1.35 bits per heavy atom. The maximum atomic E-state index is 12.0. The van der Waals surface area contributed by atoms with Gasteiger partial charge in [-0.3, -0.25) is 9.20 Å². The number of hydrogen-bond acceptors (Lipinski definition) is 5. The summed E-state index contributed by atoms with van der Waals surface area (Å²) in [5, 5.41) is 4.90. The lowest BCUT2D eigenvalue weighted by atomic mass is 10.1. The molecule has 1 aromatic carbocycles. The number of fused-ring (bicyclic) bond motifs is 2. The number of carbonyl (C=O) groups is 1. The standard InChI is InChI=1S/C16H15N3O3S/c20-15(8-12-9-19-5-6-23-16(19)18-12)17-4-3-11-1-2-13-14(7-11)22-10-21-13/h1-2,5-7,9H,3-4,8,10H2,(H,17,20). The third-order valence-corrected chi connectivity index (χ3v) is 4.43. The number of nitrogens with one attached hydrogen (secondary N) is 1. The molecule has 0 unspecified atom stereocenters. The molecule has 7 heteroatoms. The zero-order valence-electron chi connectivity index (χ0n) is 12.3. The number of amides is 1. The van der Waals surface area contributed by atoms with E-state index >= 15 is 0 Å². The third-order valence-electron chi connectivity index (χ3n) is 3.66. The fraction of sp³-hybridized carbons (Fsp3) is 0.250. The number of hydrogen-bond donors (Lipinski definition) is 1. The van der Waals surface area contributed by atoms with Crippen molar-refractivity contribution in [3.63, 3.8) is 0 Å². The fourth-order valence-electron chi connectivity index (χ4n) is 2.53. The average Bonchev–Trinajstić information content (AvgIpc) is 3.21. The van der Waals surface area contributed by atoms with Crippen LogP contribution in [-0.2, 0) is 17.6 Å². The monoisotopic (exact) mass is 329 g/mol. The van der Waals surface area contributed by atoms with Crippen LogP contribution in [0.4, 0.5) is 0 Å². The van der Waals surface area contributed by atoms with Gasteiger partial charge < -0.3 is 14.8 Å². The van der Waals surface area contributed by atoms with Crippen LogP contribution in [0.15, 0.2) is 36.0 Å². The molecule has 1 aliphatic heterocycles. The number of thiazole rings is 1. The van der Waals surface area contributed by atoms with Crippen LogP contribution in [0.25, 0.3) is 4.96 Å². The van der Waals surface area contributed by atoms with E-state index in [9.17, 15) is 4.79 Å². The largest absolute Gasteiger partial charge is 0.454 e. The Bertz CT molecular complexity index is 827. The lowest BCUT2D eigenvalue weighted by Gasteiger charge is -2.05. The Labute approximate surface area is 136 Å². The zero-order chi connectivity index (χ0) is 15.6. The molecule has 0 radical (unpaired) electrons. The number of imidazole rings is 1. The molecule has 0 atom stereocenters. The highest BCUT2D eigenvalue weighted by molar-refractivity contribution is 7.15. The molecule has 1 aliphatic rings. The summed E-state index contributed by atoms with van der Waals surface area (Å²) in [5.74, 6) is 1.53. The van der Waals surface area contributed by atoms with Crippen LogP contribution in [0.5, 0.6) is 11.5 Å². The van der Waals surface area contributed by atoms with Crippen LogP contribution in [0, 0.1) is 0 Å². The highest BCUT2D eigenvalue weighted by Crippen LogP contribution is 2.32. The smallest absolute Gasteiger partial charge is 0.231 e. The summed E-state index contributed by atoms with van der Waals surface area (Å²) < 4.78 is 12.6. The summed E-state index contributed by atoms with van der Waals surface area (Å²) in [7, 11) is 0. The van der Waals surface area contributed by atoms with Crippen molar-refractivity contribution >= 4 is 22.2 Å². The Balaban J connectivity index is 1.29. The van der Waals surface area contributed by atoms with Crippen molar-refractivity contribution in [3.05, 3.63) is 47.2 Å².